The Morgan fingerprint density at radius 2 is 1.68 bits per heavy atom. The summed E-state index contributed by atoms with van der Waals surface area (Å²) in [5.74, 6) is 1.95. The molecule has 1 N–H and O–H groups in total. The number of aryl methyl sites for hydroxylation is 1. The first-order chi connectivity index (χ1) is 10.9. The molecule has 2 unspecified atom stereocenters. The largest absolute Gasteiger partial charge is 0.316 e. The van der Waals surface area contributed by atoms with Crippen molar-refractivity contribution < 1.29 is 0 Å². The monoisotopic (exact) mass is 301 g/mol. The van der Waals surface area contributed by atoms with Gasteiger partial charge in [-0.15, -0.1) is 0 Å². The second kappa shape index (κ2) is 10.8. The highest BCUT2D eigenvalue weighted by Gasteiger charge is 2.23. The van der Waals surface area contributed by atoms with E-state index < -0.39 is 0 Å². The van der Waals surface area contributed by atoms with Crippen molar-refractivity contribution in [1.82, 2.24) is 5.32 Å². The summed E-state index contributed by atoms with van der Waals surface area (Å²) >= 11 is 0. The highest BCUT2D eigenvalue weighted by atomic mass is 14.9. The quantitative estimate of drug-likeness (QED) is 0.555. The van der Waals surface area contributed by atoms with Crippen molar-refractivity contribution in [1.29, 1.82) is 0 Å². The van der Waals surface area contributed by atoms with E-state index in [2.05, 4.69) is 42.6 Å². The van der Waals surface area contributed by atoms with Gasteiger partial charge in [0.2, 0.25) is 0 Å². The molecule has 1 heterocycles. The zero-order valence-corrected chi connectivity index (χ0v) is 14.5. The summed E-state index contributed by atoms with van der Waals surface area (Å²) in [5.41, 5.74) is 1.50. The van der Waals surface area contributed by atoms with Crippen molar-refractivity contribution in [2.24, 2.45) is 11.8 Å². The second-order valence-electron chi connectivity index (χ2n) is 7.09. The van der Waals surface area contributed by atoms with Crippen molar-refractivity contribution in [3.63, 3.8) is 0 Å². The number of benzene rings is 1. The Balaban J connectivity index is 1.59. The van der Waals surface area contributed by atoms with Crippen molar-refractivity contribution in [2.75, 3.05) is 13.1 Å². The Labute approximate surface area is 137 Å². The predicted molar refractivity (Wildman–Crippen MR) is 97.2 cm³/mol. The topological polar surface area (TPSA) is 12.0 Å². The van der Waals surface area contributed by atoms with Gasteiger partial charge in [-0.3, -0.25) is 0 Å². The Kier molecular flexibility index (Phi) is 8.63. The van der Waals surface area contributed by atoms with Gasteiger partial charge in [-0.1, -0.05) is 75.8 Å². The van der Waals surface area contributed by atoms with Crippen LogP contribution in [0.5, 0.6) is 0 Å². The maximum absolute atomic E-state index is 3.62. The highest BCUT2D eigenvalue weighted by Crippen LogP contribution is 2.29. The Bertz CT molecular complexity index is 373. The van der Waals surface area contributed by atoms with Gasteiger partial charge in [0.25, 0.3) is 0 Å². The van der Waals surface area contributed by atoms with Gasteiger partial charge in [0, 0.05) is 0 Å². The second-order valence-corrected chi connectivity index (χ2v) is 7.09. The molecule has 1 aliphatic heterocycles. The summed E-state index contributed by atoms with van der Waals surface area (Å²) in [6, 6.07) is 10.9. The molecule has 1 fully saturated rings. The smallest absolute Gasteiger partial charge is 0.00179 e. The summed E-state index contributed by atoms with van der Waals surface area (Å²) in [7, 11) is 0. The minimum Gasteiger partial charge on any atom is -0.316 e. The highest BCUT2D eigenvalue weighted by molar-refractivity contribution is 5.14. The molecule has 1 aliphatic rings. The summed E-state index contributed by atoms with van der Waals surface area (Å²) < 4.78 is 0. The number of unbranched alkanes of at least 4 members (excludes halogenated alkanes) is 4. The Hall–Kier alpha value is -0.820. The van der Waals surface area contributed by atoms with Crippen LogP contribution in [0.3, 0.4) is 0 Å². The summed E-state index contributed by atoms with van der Waals surface area (Å²) in [6.45, 7) is 4.84. The van der Waals surface area contributed by atoms with Gasteiger partial charge in [-0.2, -0.15) is 0 Å². The molecule has 0 saturated carbocycles. The first kappa shape index (κ1) is 17.5. The van der Waals surface area contributed by atoms with Gasteiger partial charge >= 0.3 is 0 Å². The number of piperidine rings is 1. The molecule has 2 rings (SSSR count). The van der Waals surface area contributed by atoms with Crippen LogP contribution in [0.25, 0.3) is 0 Å². The van der Waals surface area contributed by atoms with Crippen molar-refractivity contribution in [3.05, 3.63) is 35.9 Å². The molecule has 2 atom stereocenters. The number of hydrogen-bond acceptors (Lipinski definition) is 1. The molecule has 1 aromatic carbocycles. The Morgan fingerprint density at radius 3 is 2.50 bits per heavy atom. The van der Waals surface area contributed by atoms with E-state index in [9.17, 15) is 0 Å². The summed E-state index contributed by atoms with van der Waals surface area (Å²) in [5, 5.41) is 3.62. The maximum Gasteiger partial charge on any atom is -0.00179 e. The van der Waals surface area contributed by atoms with Crippen LogP contribution in [0, 0.1) is 11.8 Å². The fourth-order valence-corrected chi connectivity index (χ4v) is 3.91. The molecule has 1 aromatic rings. The summed E-state index contributed by atoms with van der Waals surface area (Å²) in [6.07, 6.45) is 14.0. The SMILES string of the molecule is CCCCCC1CCNCC1CCCCCc1ccccc1. The lowest BCUT2D eigenvalue weighted by atomic mass is 9.80. The third-order valence-corrected chi connectivity index (χ3v) is 5.33. The van der Waals surface area contributed by atoms with E-state index in [1.54, 1.807) is 0 Å². The Morgan fingerprint density at radius 1 is 0.909 bits per heavy atom. The lowest BCUT2D eigenvalue weighted by molar-refractivity contribution is 0.218. The average molecular weight is 302 g/mol. The van der Waals surface area contributed by atoms with E-state index in [0.717, 1.165) is 11.8 Å². The van der Waals surface area contributed by atoms with Crippen LogP contribution >= 0.6 is 0 Å². The van der Waals surface area contributed by atoms with E-state index in [1.807, 2.05) is 0 Å². The molecule has 1 heteroatoms. The molecule has 1 nitrogen and oxygen atoms in total. The van der Waals surface area contributed by atoms with Gasteiger partial charge in [-0.25, -0.2) is 0 Å². The van der Waals surface area contributed by atoms with Gasteiger partial charge in [0.15, 0.2) is 0 Å². The third kappa shape index (κ3) is 6.52. The average Bonchev–Trinajstić information content (AvgIpc) is 2.57. The third-order valence-electron chi connectivity index (χ3n) is 5.33. The van der Waals surface area contributed by atoms with Crippen molar-refractivity contribution in [2.45, 2.75) is 71.1 Å². The lowest BCUT2D eigenvalue weighted by Crippen LogP contribution is -2.36. The van der Waals surface area contributed by atoms with Crippen LogP contribution < -0.4 is 5.32 Å². The molecule has 0 aliphatic carbocycles. The minimum absolute atomic E-state index is 0.947. The van der Waals surface area contributed by atoms with Gasteiger partial charge < -0.3 is 5.32 Å². The molecule has 0 bridgehead atoms. The van der Waals surface area contributed by atoms with E-state index in [4.69, 9.17) is 0 Å². The van der Waals surface area contributed by atoms with Crippen LogP contribution in [0.15, 0.2) is 30.3 Å². The molecule has 22 heavy (non-hydrogen) atoms. The number of nitrogens with one attached hydrogen (secondary N) is 1. The van der Waals surface area contributed by atoms with Crippen LogP contribution in [0.4, 0.5) is 0 Å². The fraction of sp³-hybridized carbons (Fsp3) is 0.714. The number of rotatable bonds is 10. The zero-order chi connectivity index (χ0) is 15.5. The zero-order valence-electron chi connectivity index (χ0n) is 14.5. The van der Waals surface area contributed by atoms with Crippen LogP contribution in [-0.4, -0.2) is 13.1 Å². The molecule has 0 amide bonds. The molecular weight excluding hydrogens is 266 g/mol. The minimum atomic E-state index is 0.947. The van der Waals surface area contributed by atoms with Crippen LogP contribution in [0.2, 0.25) is 0 Å². The van der Waals surface area contributed by atoms with E-state index in [1.165, 1.54) is 82.9 Å². The molecule has 0 aromatic heterocycles. The van der Waals surface area contributed by atoms with Gasteiger partial charge in [-0.05, 0) is 56.2 Å². The van der Waals surface area contributed by atoms with Crippen molar-refractivity contribution >= 4 is 0 Å². The molecule has 0 radical (unpaired) electrons. The molecule has 1 saturated heterocycles. The van der Waals surface area contributed by atoms with E-state index in [0.29, 0.717) is 0 Å². The first-order valence-electron chi connectivity index (χ1n) is 9.64. The van der Waals surface area contributed by atoms with Crippen LogP contribution in [-0.2, 0) is 6.42 Å². The lowest BCUT2D eigenvalue weighted by Gasteiger charge is -2.32. The maximum atomic E-state index is 3.62. The standard InChI is InChI=1S/C21H35N/c1-2-3-6-14-20-16-17-22-18-21(20)15-10-5-9-13-19-11-7-4-8-12-19/h4,7-8,11-12,20-22H,2-3,5-6,9-10,13-18H2,1H3. The fourth-order valence-electron chi connectivity index (χ4n) is 3.91. The number of hydrogen-bond donors (Lipinski definition) is 1. The normalized spacial score (nSPS) is 21.9. The summed E-state index contributed by atoms with van der Waals surface area (Å²) in [4.78, 5) is 0. The predicted octanol–water partition coefficient (Wildman–Crippen LogP) is 5.60. The van der Waals surface area contributed by atoms with Gasteiger partial charge in [0.05, 0.1) is 0 Å². The van der Waals surface area contributed by atoms with Crippen molar-refractivity contribution in [3.8, 4) is 0 Å². The van der Waals surface area contributed by atoms with Gasteiger partial charge in [0.1, 0.15) is 0 Å². The molecule has 124 valence electrons. The molecule has 0 spiro atoms. The van der Waals surface area contributed by atoms with E-state index >= 15 is 0 Å². The first-order valence-corrected chi connectivity index (χ1v) is 9.64. The molecular formula is C21H35N. The van der Waals surface area contributed by atoms with E-state index in [-0.39, 0.29) is 0 Å². The van der Waals surface area contributed by atoms with Crippen LogP contribution in [0.1, 0.15) is 70.3 Å².